The van der Waals surface area contributed by atoms with Crippen molar-refractivity contribution in [3.63, 3.8) is 0 Å². The molecule has 6 N–H and O–H groups in total. The maximum atomic E-state index is 12.9. The van der Waals surface area contributed by atoms with Crippen LogP contribution in [0.1, 0.15) is 16.9 Å². The average molecular weight is 469 g/mol. The molecule has 12 heteroatoms. The number of aromatic nitrogens is 2. The first kappa shape index (κ1) is 22.1. The van der Waals surface area contributed by atoms with E-state index in [0.29, 0.717) is 21.8 Å². The zero-order valence-electron chi connectivity index (χ0n) is 15.5. The molecule has 0 radical (unpaired) electrons. The van der Waals surface area contributed by atoms with Crippen molar-refractivity contribution in [3.8, 4) is 5.69 Å². The van der Waals surface area contributed by atoms with E-state index >= 15 is 0 Å². The highest BCUT2D eigenvalue weighted by Gasteiger charge is 2.21. The maximum absolute atomic E-state index is 12.9. The Morgan fingerprint density at radius 2 is 2.07 bits per heavy atom. The Kier molecular flexibility index (Phi) is 6.98. The Hall–Kier alpha value is -2.60. The van der Waals surface area contributed by atoms with Gasteiger partial charge in [0, 0.05) is 45.6 Å². The number of benzene rings is 1. The lowest BCUT2D eigenvalue weighted by atomic mass is 10.1. The van der Waals surface area contributed by atoms with Crippen molar-refractivity contribution in [3.05, 3.63) is 62.6 Å². The number of hydrogen-bond acceptors (Lipinski definition) is 9. The van der Waals surface area contributed by atoms with Crippen LogP contribution in [0, 0.1) is 0 Å². The molecule has 2 heterocycles. The van der Waals surface area contributed by atoms with Crippen LogP contribution in [0.3, 0.4) is 0 Å². The first-order valence-corrected chi connectivity index (χ1v) is 10.8. The molecule has 0 saturated heterocycles. The van der Waals surface area contributed by atoms with E-state index in [9.17, 15) is 13.5 Å². The summed E-state index contributed by atoms with van der Waals surface area (Å²) in [4.78, 5) is 25.9. The lowest BCUT2D eigenvalue weighted by molar-refractivity contribution is 0.0951. The molecule has 1 aromatic carbocycles. The van der Waals surface area contributed by atoms with Crippen LogP contribution in [0.4, 0.5) is 8.89 Å². The van der Waals surface area contributed by atoms with Crippen molar-refractivity contribution >= 4 is 56.6 Å². The Morgan fingerprint density at radius 1 is 1.37 bits per heavy atom. The van der Waals surface area contributed by atoms with Gasteiger partial charge in [-0.25, -0.2) is 5.84 Å². The number of fused-ring (bicyclic) bond motifs is 1. The normalized spacial score (nSPS) is 11.8. The van der Waals surface area contributed by atoms with Crippen molar-refractivity contribution < 1.29 is 8.68 Å². The SMILES string of the molecule is N/C(=C\N(N)CC(=O)c1nn(-c2ccc(Cl)cc2)c(=O)c2c(N)scc12)CCSF. The van der Waals surface area contributed by atoms with Crippen LogP contribution in [-0.2, 0) is 0 Å². The van der Waals surface area contributed by atoms with Gasteiger partial charge in [0.25, 0.3) is 5.56 Å². The molecule has 3 aromatic rings. The third-order valence-corrected chi connectivity index (χ3v) is 5.56. The quantitative estimate of drug-likeness (QED) is 0.261. The van der Waals surface area contributed by atoms with E-state index in [1.54, 1.807) is 29.6 Å². The highest BCUT2D eigenvalue weighted by atomic mass is 35.5. The van der Waals surface area contributed by atoms with Crippen LogP contribution in [0.15, 0.2) is 46.3 Å². The number of thiophene rings is 1. The van der Waals surface area contributed by atoms with Gasteiger partial charge in [-0.05, 0) is 30.7 Å². The first-order valence-electron chi connectivity index (χ1n) is 8.62. The molecule has 30 heavy (non-hydrogen) atoms. The van der Waals surface area contributed by atoms with Gasteiger partial charge in [-0.2, -0.15) is 13.7 Å². The van der Waals surface area contributed by atoms with Gasteiger partial charge in [0.1, 0.15) is 5.69 Å². The number of nitrogens with zero attached hydrogens (tertiary/aromatic N) is 3. The summed E-state index contributed by atoms with van der Waals surface area (Å²) in [5.41, 5.74) is 12.1. The molecule has 0 amide bonds. The van der Waals surface area contributed by atoms with Gasteiger partial charge in [0.05, 0.1) is 22.6 Å². The molecular weight excluding hydrogens is 451 g/mol. The summed E-state index contributed by atoms with van der Waals surface area (Å²) in [7, 11) is 0. The molecule has 158 valence electrons. The van der Waals surface area contributed by atoms with E-state index in [-0.39, 0.29) is 46.9 Å². The number of anilines is 1. The molecule has 0 aliphatic rings. The Labute approximate surface area is 184 Å². The van der Waals surface area contributed by atoms with Gasteiger partial charge >= 0.3 is 0 Å². The summed E-state index contributed by atoms with van der Waals surface area (Å²) in [6, 6.07) is 6.44. The summed E-state index contributed by atoms with van der Waals surface area (Å²) in [6.07, 6.45) is 1.65. The maximum Gasteiger partial charge on any atom is 0.282 e. The number of carbonyl (C=O) groups is 1. The van der Waals surface area contributed by atoms with Crippen LogP contribution in [-0.4, -0.2) is 32.9 Å². The Balaban J connectivity index is 2.01. The number of ketones is 1. The number of Topliss-reactive ketones (excluding diaryl/α,β-unsaturated/α-hetero) is 1. The highest BCUT2D eigenvalue weighted by Crippen LogP contribution is 2.28. The number of rotatable bonds is 8. The summed E-state index contributed by atoms with van der Waals surface area (Å²) < 4.78 is 13.3. The lowest BCUT2D eigenvalue weighted by Crippen LogP contribution is -2.34. The van der Waals surface area contributed by atoms with Crippen LogP contribution in [0.5, 0.6) is 0 Å². The number of allylic oxidation sites excluding steroid dienone is 1. The molecule has 0 spiro atoms. The molecule has 2 aromatic heterocycles. The fourth-order valence-electron chi connectivity index (χ4n) is 2.76. The van der Waals surface area contributed by atoms with Gasteiger partial charge in [0.2, 0.25) is 5.78 Å². The second-order valence-electron chi connectivity index (χ2n) is 6.29. The van der Waals surface area contributed by atoms with Crippen LogP contribution >= 0.6 is 35.1 Å². The predicted octanol–water partition coefficient (Wildman–Crippen LogP) is 2.85. The second-order valence-corrected chi connectivity index (χ2v) is 8.27. The number of hydrazine groups is 1. The minimum Gasteiger partial charge on any atom is -0.401 e. The zero-order valence-corrected chi connectivity index (χ0v) is 17.9. The van der Waals surface area contributed by atoms with E-state index < -0.39 is 11.3 Å². The largest absolute Gasteiger partial charge is 0.401 e. The van der Waals surface area contributed by atoms with Crippen molar-refractivity contribution in [1.29, 1.82) is 0 Å². The van der Waals surface area contributed by atoms with Crippen molar-refractivity contribution in [2.75, 3.05) is 18.0 Å². The minimum atomic E-state index is -0.444. The molecule has 0 aliphatic carbocycles. The van der Waals surface area contributed by atoms with Crippen molar-refractivity contribution in [2.45, 2.75) is 6.42 Å². The number of carbonyl (C=O) groups excluding carboxylic acids is 1. The fourth-order valence-corrected chi connectivity index (χ4v) is 3.98. The zero-order chi connectivity index (χ0) is 21.8. The summed E-state index contributed by atoms with van der Waals surface area (Å²) >= 11 is 7.23. The van der Waals surface area contributed by atoms with E-state index in [1.807, 2.05) is 0 Å². The molecule has 0 aliphatic heterocycles. The monoisotopic (exact) mass is 468 g/mol. The molecule has 0 unspecified atom stereocenters. The number of hydrogen-bond donors (Lipinski definition) is 3. The molecule has 0 bridgehead atoms. The second kappa shape index (κ2) is 9.47. The standard InChI is InChI=1S/C18H18ClFN6O2S2/c19-10-1-3-12(4-2-10)26-18(28)15-13(9-29-17(15)22)16(24-26)14(27)8-25(23)7-11(21)5-6-30-20/h1-4,7,9H,5-6,8,21-23H2/b11-7-. The molecule has 8 nitrogen and oxygen atoms in total. The lowest BCUT2D eigenvalue weighted by Gasteiger charge is -2.15. The number of nitrogens with two attached hydrogens (primary N) is 3. The minimum absolute atomic E-state index is 0.0502. The van der Waals surface area contributed by atoms with Crippen molar-refractivity contribution in [1.82, 2.24) is 14.8 Å². The van der Waals surface area contributed by atoms with E-state index in [4.69, 9.17) is 28.9 Å². The molecule has 0 saturated carbocycles. The third-order valence-electron chi connectivity index (χ3n) is 4.14. The fraction of sp³-hybridized carbons (Fsp3) is 0.167. The predicted molar refractivity (Wildman–Crippen MR) is 120 cm³/mol. The van der Waals surface area contributed by atoms with Gasteiger partial charge in [-0.15, -0.1) is 11.3 Å². The van der Waals surface area contributed by atoms with Gasteiger partial charge < -0.3 is 16.5 Å². The topological polar surface area (TPSA) is 133 Å². The number of nitrogen functional groups attached to an aromatic ring is 1. The third kappa shape index (κ3) is 4.75. The van der Waals surface area contributed by atoms with E-state index in [1.165, 1.54) is 6.20 Å². The number of halogens is 2. The van der Waals surface area contributed by atoms with E-state index in [0.717, 1.165) is 21.0 Å². The summed E-state index contributed by atoms with van der Waals surface area (Å²) in [6.45, 7) is -0.250. The van der Waals surface area contributed by atoms with Crippen LogP contribution in [0.2, 0.25) is 5.02 Å². The summed E-state index contributed by atoms with van der Waals surface area (Å²) in [5, 5.41) is 8.33. The van der Waals surface area contributed by atoms with Crippen molar-refractivity contribution in [2.24, 2.45) is 11.6 Å². The van der Waals surface area contributed by atoms with E-state index in [2.05, 4.69) is 5.10 Å². The highest BCUT2D eigenvalue weighted by molar-refractivity contribution is 7.94. The van der Waals surface area contributed by atoms with Crippen LogP contribution < -0.4 is 22.9 Å². The smallest absolute Gasteiger partial charge is 0.282 e. The molecule has 3 rings (SSSR count). The van der Waals surface area contributed by atoms with Gasteiger partial charge in [-0.1, -0.05) is 11.6 Å². The van der Waals surface area contributed by atoms with Gasteiger partial charge in [0.15, 0.2) is 0 Å². The van der Waals surface area contributed by atoms with Gasteiger partial charge in [-0.3, -0.25) is 9.59 Å². The average Bonchev–Trinajstić information content (AvgIpc) is 3.09. The molecular formula is C18H18ClFN6O2S2. The first-order chi connectivity index (χ1) is 14.3. The Bertz CT molecular complexity index is 1160. The molecule has 0 fully saturated rings. The Morgan fingerprint density at radius 3 is 2.73 bits per heavy atom. The van der Waals surface area contributed by atoms with Crippen LogP contribution in [0.25, 0.3) is 16.5 Å². The summed E-state index contributed by atoms with van der Waals surface area (Å²) in [5.74, 6) is 5.60. The molecule has 0 atom stereocenters.